The van der Waals surface area contributed by atoms with Crippen LogP contribution in [0, 0.1) is 0 Å². The van der Waals surface area contributed by atoms with Gasteiger partial charge in [-0.05, 0) is 32.4 Å². The molecular weight excluding hydrogens is 206 g/mol. The molecule has 0 bridgehead atoms. The van der Waals surface area contributed by atoms with E-state index in [2.05, 4.69) is 32.3 Å². The minimum Gasteiger partial charge on any atom is -0.383 e. The van der Waals surface area contributed by atoms with Gasteiger partial charge in [-0.3, -0.25) is 4.98 Å². The summed E-state index contributed by atoms with van der Waals surface area (Å²) < 4.78 is 11.7. The molecule has 1 N–H and O–H groups in total. The molecule has 0 amide bonds. The number of hydrogen-bond donors (Lipinski definition) is 1. The van der Waals surface area contributed by atoms with Crippen molar-refractivity contribution in [3.63, 3.8) is 0 Å². The van der Waals surface area contributed by atoms with Crippen LogP contribution >= 0.6 is 0 Å². The van der Waals surface area contributed by atoms with E-state index in [-0.39, 0.29) is 0 Å². The molecule has 92 valence electrons. The maximum atomic E-state index is 5.83. The van der Waals surface area contributed by atoms with E-state index >= 15 is 0 Å². The van der Waals surface area contributed by atoms with Gasteiger partial charge in [0.25, 0.3) is 0 Å². The first-order valence-corrected chi connectivity index (χ1v) is 8.53. The van der Waals surface area contributed by atoms with Crippen molar-refractivity contribution in [1.82, 2.24) is 4.98 Å². The summed E-state index contributed by atoms with van der Waals surface area (Å²) in [4.78, 5) is 3.46. The quantitative estimate of drug-likeness (QED) is 0.465. The van der Waals surface area contributed by atoms with Crippen LogP contribution in [0.4, 0.5) is 0 Å². The van der Waals surface area contributed by atoms with E-state index in [4.69, 9.17) is 8.85 Å². The van der Waals surface area contributed by atoms with Crippen molar-refractivity contribution in [1.29, 1.82) is 0 Å². The van der Waals surface area contributed by atoms with Crippen LogP contribution in [-0.2, 0) is 8.85 Å². The fourth-order valence-corrected chi connectivity index (χ4v) is 3.34. The van der Waals surface area contributed by atoms with Crippen LogP contribution in [0.25, 0.3) is 0 Å². The second-order valence-corrected chi connectivity index (χ2v) is 6.75. The first-order valence-electron chi connectivity index (χ1n) is 6.21. The SMILES string of the molecule is CCCCN[Si](C)(OCCC)OCCC. The zero-order valence-electron chi connectivity index (χ0n) is 10.8. The molecule has 0 heterocycles. The van der Waals surface area contributed by atoms with Crippen LogP contribution < -0.4 is 4.98 Å². The average Bonchev–Trinajstić information content (AvgIpc) is 2.24. The molecule has 4 heteroatoms. The summed E-state index contributed by atoms with van der Waals surface area (Å²) >= 11 is 0. The van der Waals surface area contributed by atoms with Gasteiger partial charge in [0.05, 0.1) is 0 Å². The molecular formula is C11H27NO2Si. The largest absolute Gasteiger partial charge is 0.421 e. The van der Waals surface area contributed by atoms with Crippen LogP contribution in [0.15, 0.2) is 0 Å². The third-order valence-electron chi connectivity index (χ3n) is 2.14. The van der Waals surface area contributed by atoms with E-state index in [1.165, 1.54) is 12.8 Å². The summed E-state index contributed by atoms with van der Waals surface area (Å²) in [5.74, 6) is 0. The molecule has 0 aromatic carbocycles. The number of unbranched alkanes of at least 4 members (excludes halogenated alkanes) is 1. The predicted octanol–water partition coefficient (Wildman–Crippen LogP) is 2.80. The second kappa shape index (κ2) is 9.33. The molecule has 0 unspecified atom stereocenters. The van der Waals surface area contributed by atoms with Crippen molar-refractivity contribution in [2.45, 2.75) is 53.0 Å². The molecule has 0 aromatic heterocycles. The molecule has 0 aliphatic rings. The van der Waals surface area contributed by atoms with E-state index in [0.717, 1.165) is 32.6 Å². The zero-order chi connectivity index (χ0) is 11.6. The molecule has 0 aliphatic heterocycles. The fourth-order valence-electron chi connectivity index (χ4n) is 1.23. The molecule has 0 atom stereocenters. The van der Waals surface area contributed by atoms with Crippen molar-refractivity contribution >= 4 is 8.72 Å². The van der Waals surface area contributed by atoms with E-state index < -0.39 is 8.72 Å². The van der Waals surface area contributed by atoms with Crippen LogP contribution in [0.3, 0.4) is 0 Å². The molecule has 3 nitrogen and oxygen atoms in total. The molecule has 0 rings (SSSR count). The summed E-state index contributed by atoms with van der Waals surface area (Å²) in [6, 6.07) is 0. The van der Waals surface area contributed by atoms with Gasteiger partial charge in [0.1, 0.15) is 0 Å². The lowest BCUT2D eigenvalue weighted by Gasteiger charge is -2.27. The van der Waals surface area contributed by atoms with E-state index in [1.54, 1.807) is 0 Å². The summed E-state index contributed by atoms with van der Waals surface area (Å²) in [5.41, 5.74) is 0. The maximum absolute atomic E-state index is 5.83. The van der Waals surface area contributed by atoms with Gasteiger partial charge in [0, 0.05) is 13.2 Å². The Morgan fingerprint density at radius 2 is 1.47 bits per heavy atom. The van der Waals surface area contributed by atoms with Crippen molar-refractivity contribution in [2.75, 3.05) is 19.8 Å². The summed E-state index contributed by atoms with van der Waals surface area (Å²) in [5, 5.41) is 0. The van der Waals surface area contributed by atoms with Gasteiger partial charge in [-0.25, -0.2) is 0 Å². The van der Waals surface area contributed by atoms with Crippen molar-refractivity contribution in [2.24, 2.45) is 0 Å². The Morgan fingerprint density at radius 1 is 0.933 bits per heavy atom. The lowest BCUT2D eigenvalue weighted by atomic mass is 10.3. The first kappa shape index (κ1) is 15.1. The Kier molecular flexibility index (Phi) is 9.39. The predicted molar refractivity (Wildman–Crippen MR) is 67.0 cm³/mol. The summed E-state index contributed by atoms with van der Waals surface area (Å²) in [7, 11) is -2.08. The maximum Gasteiger partial charge on any atom is 0.421 e. The highest BCUT2D eigenvalue weighted by Gasteiger charge is 2.30. The highest BCUT2D eigenvalue weighted by Crippen LogP contribution is 2.05. The highest BCUT2D eigenvalue weighted by molar-refractivity contribution is 6.63. The van der Waals surface area contributed by atoms with Gasteiger partial charge in [-0.2, -0.15) is 0 Å². The van der Waals surface area contributed by atoms with Crippen molar-refractivity contribution in [3.05, 3.63) is 0 Å². The molecule has 0 aromatic rings. The van der Waals surface area contributed by atoms with Gasteiger partial charge in [0.2, 0.25) is 0 Å². The fraction of sp³-hybridized carbons (Fsp3) is 1.00. The minimum atomic E-state index is -2.08. The topological polar surface area (TPSA) is 30.5 Å². The lowest BCUT2D eigenvalue weighted by Crippen LogP contribution is -2.54. The highest BCUT2D eigenvalue weighted by atomic mass is 28.4. The molecule has 0 saturated carbocycles. The van der Waals surface area contributed by atoms with Crippen LogP contribution in [0.5, 0.6) is 0 Å². The monoisotopic (exact) mass is 233 g/mol. The van der Waals surface area contributed by atoms with E-state index in [1.807, 2.05) is 0 Å². The molecule has 0 aliphatic carbocycles. The van der Waals surface area contributed by atoms with E-state index in [0.29, 0.717) is 0 Å². The van der Waals surface area contributed by atoms with Crippen molar-refractivity contribution < 1.29 is 8.85 Å². The smallest absolute Gasteiger partial charge is 0.383 e. The Morgan fingerprint density at radius 3 is 1.87 bits per heavy atom. The lowest BCUT2D eigenvalue weighted by molar-refractivity contribution is 0.162. The van der Waals surface area contributed by atoms with Gasteiger partial charge < -0.3 is 8.85 Å². The molecule has 0 saturated heterocycles. The third kappa shape index (κ3) is 7.96. The van der Waals surface area contributed by atoms with Gasteiger partial charge in [0.15, 0.2) is 0 Å². The van der Waals surface area contributed by atoms with Crippen LogP contribution in [-0.4, -0.2) is 28.5 Å². The summed E-state index contributed by atoms with van der Waals surface area (Å²) in [6.07, 6.45) is 4.49. The third-order valence-corrected chi connectivity index (χ3v) is 4.54. The molecule has 0 spiro atoms. The molecule has 0 radical (unpaired) electrons. The van der Waals surface area contributed by atoms with Crippen LogP contribution in [0.1, 0.15) is 46.5 Å². The standard InChI is InChI=1S/C11H27NO2Si/c1-5-8-9-12-15(4,13-10-6-2)14-11-7-3/h12H,5-11H2,1-4H3. The first-order chi connectivity index (χ1) is 7.18. The molecule has 0 fully saturated rings. The Balaban J connectivity index is 3.89. The second-order valence-electron chi connectivity index (χ2n) is 3.92. The van der Waals surface area contributed by atoms with Gasteiger partial charge >= 0.3 is 8.72 Å². The zero-order valence-corrected chi connectivity index (χ0v) is 11.8. The van der Waals surface area contributed by atoms with Crippen LogP contribution in [0.2, 0.25) is 6.55 Å². The Bertz CT molecular complexity index is 137. The normalized spacial score (nSPS) is 12.0. The molecule has 15 heavy (non-hydrogen) atoms. The van der Waals surface area contributed by atoms with Gasteiger partial charge in [-0.15, -0.1) is 0 Å². The number of rotatable bonds is 10. The van der Waals surface area contributed by atoms with E-state index in [9.17, 15) is 0 Å². The van der Waals surface area contributed by atoms with Gasteiger partial charge in [-0.1, -0.05) is 27.2 Å². The number of nitrogens with one attached hydrogen (secondary N) is 1. The average molecular weight is 233 g/mol. The summed E-state index contributed by atoms with van der Waals surface area (Å²) in [6.45, 7) is 11.2. The Hall–Kier alpha value is 0.0969. The Labute approximate surface area is 95.9 Å². The number of hydrogen-bond acceptors (Lipinski definition) is 3. The van der Waals surface area contributed by atoms with Crippen molar-refractivity contribution in [3.8, 4) is 0 Å². The minimum absolute atomic E-state index is 0.797.